The molecule has 1 aliphatic rings. The molecule has 0 spiro atoms. The molecule has 0 aromatic heterocycles. The van der Waals surface area contributed by atoms with Gasteiger partial charge in [0.25, 0.3) is 0 Å². The van der Waals surface area contributed by atoms with Crippen molar-refractivity contribution in [3.8, 4) is 0 Å². The summed E-state index contributed by atoms with van der Waals surface area (Å²) in [4.78, 5) is 2.50. The minimum atomic E-state index is 0.341. The monoisotopic (exact) mass is 246 g/mol. The van der Waals surface area contributed by atoms with Crippen molar-refractivity contribution in [1.29, 1.82) is 0 Å². The Labute approximate surface area is 111 Å². The van der Waals surface area contributed by atoms with Crippen LogP contribution in [0.2, 0.25) is 0 Å². The van der Waals surface area contributed by atoms with E-state index >= 15 is 0 Å². The van der Waals surface area contributed by atoms with Crippen molar-refractivity contribution in [3.05, 3.63) is 35.9 Å². The second-order valence-electron chi connectivity index (χ2n) is 6.87. The lowest BCUT2D eigenvalue weighted by atomic mass is 9.83. The quantitative estimate of drug-likeness (QED) is 0.888. The lowest BCUT2D eigenvalue weighted by Crippen LogP contribution is -2.31. The van der Waals surface area contributed by atoms with Gasteiger partial charge in [-0.05, 0) is 23.3 Å². The summed E-state index contributed by atoms with van der Waals surface area (Å²) in [5, 5.41) is 0. The molecule has 1 aromatic carbocycles. The summed E-state index contributed by atoms with van der Waals surface area (Å²) in [6.45, 7) is 10.1. The molecule has 1 fully saturated rings. The maximum atomic E-state index is 6.29. The van der Waals surface area contributed by atoms with Crippen molar-refractivity contribution in [2.75, 3.05) is 13.1 Å². The first kappa shape index (κ1) is 13.6. The van der Waals surface area contributed by atoms with Crippen LogP contribution in [0, 0.1) is 11.3 Å². The van der Waals surface area contributed by atoms with Gasteiger partial charge in [-0.1, -0.05) is 51.1 Å². The van der Waals surface area contributed by atoms with E-state index in [-0.39, 0.29) is 0 Å². The molecule has 0 aliphatic carbocycles. The van der Waals surface area contributed by atoms with E-state index in [1.807, 2.05) is 0 Å². The van der Waals surface area contributed by atoms with E-state index in [1.165, 1.54) is 12.0 Å². The van der Waals surface area contributed by atoms with Gasteiger partial charge in [0.1, 0.15) is 0 Å². The van der Waals surface area contributed by atoms with Crippen molar-refractivity contribution in [1.82, 2.24) is 4.90 Å². The van der Waals surface area contributed by atoms with Crippen LogP contribution in [0.3, 0.4) is 0 Å². The molecule has 0 bridgehead atoms. The number of nitrogens with two attached hydrogens (primary N) is 1. The van der Waals surface area contributed by atoms with Crippen LogP contribution in [0.25, 0.3) is 0 Å². The second kappa shape index (κ2) is 5.41. The van der Waals surface area contributed by atoms with Crippen LogP contribution in [-0.2, 0) is 6.54 Å². The molecule has 1 aromatic rings. The maximum Gasteiger partial charge on any atom is 0.0234 e. The highest BCUT2D eigenvalue weighted by atomic mass is 15.2. The van der Waals surface area contributed by atoms with Crippen LogP contribution in [0.5, 0.6) is 0 Å². The fourth-order valence-electron chi connectivity index (χ4n) is 2.96. The molecule has 18 heavy (non-hydrogen) atoms. The molecule has 100 valence electrons. The van der Waals surface area contributed by atoms with E-state index in [0.29, 0.717) is 17.4 Å². The highest BCUT2D eigenvalue weighted by Gasteiger charge is 2.32. The van der Waals surface area contributed by atoms with Crippen LogP contribution in [0.1, 0.15) is 32.8 Å². The molecular weight excluding hydrogens is 220 g/mol. The molecule has 0 radical (unpaired) electrons. The summed E-state index contributed by atoms with van der Waals surface area (Å²) in [6, 6.07) is 11.0. The largest absolute Gasteiger partial charge is 0.326 e. The van der Waals surface area contributed by atoms with Gasteiger partial charge in [-0.15, -0.1) is 0 Å². The molecule has 0 amide bonds. The van der Waals surface area contributed by atoms with Gasteiger partial charge in [0.2, 0.25) is 0 Å². The number of likely N-dealkylation sites (tertiary alicyclic amines) is 1. The van der Waals surface area contributed by atoms with Crippen molar-refractivity contribution in [2.45, 2.75) is 39.8 Å². The summed E-state index contributed by atoms with van der Waals surface area (Å²) in [5.41, 5.74) is 8.06. The smallest absolute Gasteiger partial charge is 0.0234 e. The Bertz CT molecular complexity index is 366. The predicted octanol–water partition coefficient (Wildman–Crippen LogP) is 2.88. The molecule has 0 saturated carbocycles. The molecule has 1 aliphatic heterocycles. The molecule has 2 heteroatoms. The topological polar surface area (TPSA) is 29.3 Å². The van der Waals surface area contributed by atoms with Gasteiger partial charge < -0.3 is 5.73 Å². The van der Waals surface area contributed by atoms with E-state index in [4.69, 9.17) is 5.73 Å². The van der Waals surface area contributed by atoms with E-state index in [2.05, 4.69) is 56.0 Å². The third kappa shape index (κ3) is 3.82. The van der Waals surface area contributed by atoms with E-state index < -0.39 is 0 Å². The Hall–Kier alpha value is -0.860. The van der Waals surface area contributed by atoms with E-state index in [9.17, 15) is 0 Å². The zero-order valence-electron chi connectivity index (χ0n) is 11.9. The highest BCUT2D eigenvalue weighted by molar-refractivity contribution is 5.14. The van der Waals surface area contributed by atoms with Crippen LogP contribution < -0.4 is 5.73 Å². The zero-order valence-corrected chi connectivity index (χ0v) is 11.9. The molecule has 1 saturated heterocycles. The summed E-state index contributed by atoms with van der Waals surface area (Å²) in [5.74, 6) is 0.647. The third-order valence-electron chi connectivity index (χ3n) is 3.69. The number of hydrogen-bond donors (Lipinski definition) is 1. The van der Waals surface area contributed by atoms with Crippen LogP contribution in [0.15, 0.2) is 30.3 Å². The fourth-order valence-corrected chi connectivity index (χ4v) is 2.96. The maximum absolute atomic E-state index is 6.29. The van der Waals surface area contributed by atoms with E-state index in [1.54, 1.807) is 0 Å². The third-order valence-corrected chi connectivity index (χ3v) is 3.69. The van der Waals surface area contributed by atoms with Crippen LogP contribution >= 0.6 is 0 Å². The summed E-state index contributed by atoms with van der Waals surface area (Å²) in [7, 11) is 0. The van der Waals surface area contributed by atoms with Gasteiger partial charge in [-0.2, -0.15) is 0 Å². The SMILES string of the molecule is CC(C)(C)CC1CN(Cc2ccccc2)CC1N. The Balaban J connectivity index is 1.91. The summed E-state index contributed by atoms with van der Waals surface area (Å²) < 4.78 is 0. The first-order valence-corrected chi connectivity index (χ1v) is 6.96. The second-order valence-corrected chi connectivity index (χ2v) is 6.87. The van der Waals surface area contributed by atoms with Crippen LogP contribution in [0.4, 0.5) is 0 Å². The van der Waals surface area contributed by atoms with Crippen molar-refractivity contribution in [3.63, 3.8) is 0 Å². The Morgan fingerprint density at radius 3 is 2.44 bits per heavy atom. The standard InChI is InChI=1S/C16H26N2/c1-16(2,3)9-14-11-18(12-15(14)17)10-13-7-5-4-6-8-13/h4-8,14-15H,9-12,17H2,1-3H3. The Morgan fingerprint density at radius 2 is 1.83 bits per heavy atom. The van der Waals surface area contributed by atoms with Gasteiger partial charge in [0, 0.05) is 25.7 Å². The number of rotatable bonds is 3. The average Bonchev–Trinajstić information content (AvgIpc) is 2.58. The van der Waals surface area contributed by atoms with Crippen molar-refractivity contribution >= 4 is 0 Å². The number of hydrogen-bond acceptors (Lipinski definition) is 2. The van der Waals surface area contributed by atoms with Crippen molar-refractivity contribution < 1.29 is 0 Å². The lowest BCUT2D eigenvalue weighted by Gasteiger charge is -2.25. The molecule has 2 nitrogen and oxygen atoms in total. The molecule has 2 rings (SSSR count). The minimum absolute atomic E-state index is 0.341. The predicted molar refractivity (Wildman–Crippen MR) is 77.3 cm³/mol. The highest BCUT2D eigenvalue weighted by Crippen LogP contribution is 2.30. The fraction of sp³-hybridized carbons (Fsp3) is 0.625. The zero-order chi connectivity index (χ0) is 13.2. The van der Waals surface area contributed by atoms with Gasteiger partial charge in [-0.25, -0.2) is 0 Å². The average molecular weight is 246 g/mol. The summed E-state index contributed by atoms with van der Waals surface area (Å²) >= 11 is 0. The van der Waals surface area contributed by atoms with Crippen LogP contribution in [-0.4, -0.2) is 24.0 Å². The molecule has 1 heterocycles. The Kier molecular flexibility index (Phi) is 4.08. The first-order valence-electron chi connectivity index (χ1n) is 6.96. The number of nitrogens with zero attached hydrogens (tertiary/aromatic N) is 1. The summed E-state index contributed by atoms with van der Waals surface area (Å²) in [6.07, 6.45) is 1.22. The van der Waals surface area contributed by atoms with Gasteiger partial charge in [0.05, 0.1) is 0 Å². The minimum Gasteiger partial charge on any atom is -0.326 e. The van der Waals surface area contributed by atoms with Crippen molar-refractivity contribution in [2.24, 2.45) is 17.1 Å². The molecular formula is C16H26N2. The normalized spacial score (nSPS) is 25.6. The lowest BCUT2D eigenvalue weighted by molar-refractivity contribution is 0.265. The molecule has 2 unspecified atom stereocenters. The number of benzene rings is 1. The molecule has 2 N–H and O–H groups in total. The van der Waals surface area contributed by atoms with Gasteiger partial charge in [0.15, 0.2) is 0 Å². The molecule has 2 atom stereocenters. The van der Waals surface area contributed by atoms with Gasteiger partial charge >= 0.3 is 0 Å². The van der Waals surface area contributed by atoms with Gasteiger partial charge in [-0.3, -0.25) is 4.90 Å². The first-order chi connectivity index (χ1) is 8.44. The Morgan fingerprint density at radius 1 is 1.17 bits per heavy atom. The van der Waals surface area contributed by atoms with E-state index in [0.717, 1.165) is 19.6 Å².